The minimum Gasteiger partial charge on any atom is -0.382 e. The largest absolute Gasteiger partial charge is 0.382 e. The second-order valence-electron chi connectivity index (χ2n) is 3.69. The lowest BCUT2D eigenvalue weighted by Gasteiger charge is -2.13. The molecule has 0 spiro atoms. The molecule has 1 rings (SSSR count). The number of carbonyl (C=O) groups excluding carboxylic acids is 1. The van der Waals surface area contributed by atoms with Crippen molar-refractivity contribution in [2.45, 2.75) is 13.0 Å². The summed E-state index contributed by atoms with van der Waals surface area (Å²) in [5, 5.41) is 11.4. The minimum atomic E-state index is -0.564. The lowest BCUT2D eigenvalue weighted by atomic mass is 10.2. The highest BCUT2D eigenvalue weighted by Gasteiger charge is 2.13. The van der Waals surface area contributed by atoms with Crippen LogP contribution in [0.25, 0.3) is 0 Å². The van der Waals surface area contributed by atoms with E-state index in [4.69, 9.17) is 14.7 Å². The molecule has 0 saturated heterocycles. The average Bonchev–Trinajstić information content (AvgIpc) is 2.39. The van der Waals surface area contributed by atoms with Gasteiger partial charge >= 0.3 is 0 Å². The van der Waals surface area contributed by atoms with Crippen molar-refractivity contribution in [2.24, 2.45) is 0 Å². The van der Waals surface area contributed by atoms with Crippen LogP contribution in [0, 0.1) is 11.3 Å². The number of nitrogens with one attached hydrogen (secondary N) is 1. The molecule has 0 aliphatic heterocycles. The van der Waals surface area contributed by atoms with Crippen LogP contribution in [0.1, 0.15) is 12.5 Å². The second kappa shape index (κ2) is 7.43. The molecule has 0 saturated carbocycles. The molecule has 0 fully saturated rings. The topological polar surface area (TPSA) is 71.3 Å². The van der Waals surface area contributed by atoms with Crippen LogP contribution in [0.2, 0.25) is 0 Å². The lowest BCUT2D eigenvalue weighted by molar-refractivity contribution is -0.127. The van der Waals surface area contributed by atoms with Crippen molar-refractivity contribution in [3.63, 3.8) is 0 Å². The van der Waals surface area contributed by atoms with E-state index in [1.807, 2.05) is 6.07 Å². The molecule has 1 aromatic rings. The van der Waals surface area contributed by atoms with Crippen LogP contribution in [0.4, 0.5) is 5.69 Å². The van der Waals surface area contributed by atoms with E-state index >= 15 is 0 Å². The zero-order chi connectivity index (χ0) is 13.4. The smallest absolute Gasteiger partial charge is 0.253 e. The molecule has 1 atom stereocenters. The van der Waals surface area contributed by atoms with Gasteiger partial charge in [0, 0.05) is 12.8 Å². The Balaban J connectivity index is 2.50. The summed E-state index contributed by atoms with van der Waals surface area (Å²) in [5.74, 6) is -0.249. The molecule has 0 bridgehead atoms. The van der Waals surface area contributed by atoms with E-state index in [2.05, 4.69) is 5.32 Å². The van der Waals surface area contributed by atoms with Crippen LogP contribution in [0.3, 0.4) is 0 Å². The Morgan fingerprint density at radius 2 is 2.28 bits per heavy atom. The van der Waals surface area contributed by atoms with Gasteiger partial charge in [-0.25, -0.2) is 0 Å². The first kappa shape index (κ1) is 14.2. The molecule has 5 heteroatoms. The van der Waals surface area contributed by atoms with E-state index in [0.717, 1.165) is 0 Å². The number of benzene rings is 1. The maximum absolute atomic E-state index is 11.7. The van der Waals surface area contributed by atoms with E-state index in [1.165, 1.54) is 0 Å². The standard InChI is InChI=1S/C13H16N2O3/c1-10(18-7-6-17-2)13(16)15-12-5-3-4-11(8-12)9-14/h3-5,8,10H,6-7H2,1-2H3,(H,15,16). The highest BCUT2D eigenvalue weighted by atomic mass is 16.5. The van der Waals surface area contributed by atoms with Crippen molar-refractivity contribution in [1.29, 1.82) is 5.26 Å². The van der Waals surface area contributed by atoms with Gasteiger partial charge in [-0.1, -0.05) is 6.07 Å². The third kappa shape index (κ3) is 4.53. The Bertz CT molecular complexity index is 440. The van der Waals surface area contributed by atoms with Gasteiger partial charge < -0.3 is 14.8 Å². The van der Waals surface area contributed by atoms with Crippen LogP contribution >= 0.6 is 0 Å². The summed E-state index contributed by atoms with van der Waals surface area (Å²) in [6.45, 7) is 2.48. The molecule has 1 N–H and O–H groups in total. The quantitative estimate of drug-likeness (QED) is 0.775. The third-order valence-corrected chi connectivity index (χ3v) is 2.28. The number of amides is 1. The highest BCUT2D eigenvalue weighted by Crippen LogP contribution is 2.10. The van der Waals surface area contributed by atoms with Crippen LogP contribution in [0.15, 0.2) is 24.3 Å². The number of carbonyl (C=O) groups is 1. The molecule has 1 amide bonds. The Labute approximate surface area is 106 Å². The van der Waals surface area contributed by atoms with Gasteiger partial charge in [0.05, 0.1) is 24.8 Å². The first-order valence-electron chi connectivity index (χ1n) is 5.59. The van der Waals surface area contributed by atoms with Crippen molar-refractivity contribution < 1.29 is 14.3 Å². The predicted octanol–water partition coefficient (Wildman–Crippen LogP) is 1.55. The molecule has 0 aliphatic carbocycles. The van der Waals surface area contributed by atoms with Gasteiger partial charge in [0.15, 0.2) is 0 Å². The fraction of sp³-hybridized carbons (Fsp3) is 0.385. The summed E-state index contributed by atoms with van der Waals surface area (Å²) in [5.41, 5.74) is 1.09. The predicted molar refractivity (Wildman–Crippen MR) is 67.1 cm³/mol. The summed E-state index contributed by atoms with van der Waals surface area (Å²) >= 11 is 0. The number of anilines is 1. The van der Waals surface area contributed by atoms with Gasteiger partial charge in [-0.3, -0.25) is 4.79 Å². The molecule has 0 radical (unpaired) electrons. The minimum absolute atomic E-state index is 0.249. The van der Waals surface area contributed by atoms with E-state index in [0.29, 0.717) is 24.5 Å². The third-order valence-electron chi connectivity index (χ3n) is 2.28. The van der Waals surface area contributed by atoms with Crippen molar-refractivity contribution >= 4 is 11.6 Å². The Morgan fingerprint density at radius 3 is 2.94 bits per heavy atom. The maximum atomic E-state index is 11.7. The Morgan fingerprint density at radius 1 is 1.50 bits per heavy atom. The van der Waals surface area contributed by atoms with E-state index in [9.17, 15) is 4.79 Å². The first-order valence-corrected chi connectivity index (χ1v) is 5.59. The number of nitrogens with zero attached hydrogens (tertiary/aromatic N) is 1. The highest BCUT2D eigenvalue weighted by molar-refractivity contribution is 5.94. The molecule has 18 heavy (non-hydrogen) atoms. The Kier molecular flexibility index (Phi) is 5.85. The molecule has 1 aromatic carbocycles. The lowest BCUT2D eigenvalue weighted by Crippen LogP contribution is -2.28. The van der Waals surface area contributed by atoms with Crippen molar-refractivity contribution in [3.05, 3.63) is 29.8 Å². The van der Waals surface area contributed by atoms with E-state index in [-0.39, 0.29) is 5.91 Å². The molecule has 1 unspecified atom stereocenters. The molecule has 5 nitrogen and oxygen atoms in total. The number of hydrogen-bond acceptors (Lipinski definition) is 4. The average molecular weight is 248 g/mol. The van der Waals surface area contributed by atoms with Crippen LogP contribution in [0.5, 0.6) is 0 Å². The molecule has 0 aromatic heterocycles. The van der Waals surface area contributed by atoms with Gasteiger partial charge in [0.2, 0.25) is 0 Å². The van der Waals surface area contributed by atoms with Gasteiger partial charge in [-0.05, 0) is 25.1 Å². The number of ether oxygens (including phenoxy) is 2. The van der Waals surface area contributed by atoms with E-state index in [1.54, 1.807) is 38.3 Å². The normalized spacial score (nSPS) is 11.6. The number of methoxy groups -OCH3 is 1. The van der Waals surface area contributed by atoms with Gasteiger partial charge in [-0.15, -0.1) is 0 Å². The monoisotopic (exact) mass is 248 g/mol. The van der Waals surface area contributed by atoms with Gasteiger partial charge in [0.25, 0.3) is 5.91 Å². The molecule has 0 heterocycles. The number of hydrogen-bond donors (Lipinski definition) is 1. The summed E-state index contributed by atoms with van der Waals surface area (Å²) in [7, 11) is 1.57. The summed E-state index contributed by atoms with van der Waals surface area (Å²) < 4.78 is 10.1. The van der Waals surface area contributed by atoms with Crippen LogP contribution in [-0.4, -0.2) is 32.3 Å². The van der Waals surface area contributed by atoms with Crippen molar-refractivity contribution in [3.8, 4) is 6.07 Å². The van der Waals surface area contributed by atoms with Crippen molar-refractivity contribution in [1.82, 2.24) is 0 Å². The number of rotatable bonds is 6. The summed E-state index contributed by atoms with van der Waals surface area (Å²) in [4.78, 5) is 11.7. The van der Waals surface area contributed by atoms with Gasteiger partial charge in [0.1, 0.15) is 6.10 Å². The van der Waals surface area contributed by atoms with Crippen LogP contribution in [-0.2, 0) is 14.3 Å². The molecule has 96 valence electrons. The molecule has 0 aliphatic rings. The first-order chi connectivity index (χ1) is 8.67. The zero-order valence-electron chi connectivity index (χ0n) is 10.5. The second-order valence-corrected chi connectivity index (χ2v) is 3.69. The van der Waals surface area contributed by atoms with Crippen molar-refractivity contribution in [2.75, 3.05) is 25.6 Å². The van der Waals surface area contributed by atoms with Crippen LogP contribution < -0.4 is 5.32 Å². The fourth-order valence-corrected chi connectivity index (χ4v) is 1.29. The maximum Gasteiger partial charge on any atom is 0.253 e. The van der Waals surface area contributed by atoms with Gasteiger partial charge in [-0.2, -0.15) is 5.26 Å². The van der Waals surface area contributed by atoms with E-state index < -0.39 is 6.10 Å². The Hall–Kier alpha value is -1.90. The molecular formula is C13H16N2O3. The SMILES string of the molecule is COCCOC(C)C(=O)Nc1cccc(C#N)c1. The zero-order valence-corrected chi connectivity index (χ0v) is 10.5. The summed E-state index contributed by atoms with van der Waals surface area (Å²) in [6, 6.07) is 8.73. The molecular weight excluding hydrogens is 232 g/mol. The fourth-order valence-electron chi connectivity index (χ4n) is 1.29. The number of nitriles is 1. The summed E-state index contributed by atoms with van der Waals surface area (Å²) in [6.07, 6.45) is -0.564.